The predicted octanol–water partition coefficient (Wildman–Crippen LogP) is 4.96. The first-order valence-electron chi connectivity index (χ1n) is 10.3. The molecule has 3 aromatic rings. The fourth-order valence-corrected chi connectivity index (χ4v) is 4.69. The van der Waals surface area contributed by atoms with Crippen molar-refractivity contribution in [2.24, 2.45) is 0 Å². The molecule has 0 bridgehead atoms. The van der Waals surface area contributed by atoms with Crippen molar-refractivity contribution in [3.63, 3.8) is 0 Å². The number of alkyl halides is 2. The van der Waals surface area contributed by atoms with Crippen molar-refractivity contribution < 1.29 is 18.0 Å². The molecule has 0 radical (unpaired) electrons. The van der Waals surface area contributed by atoms with Crippen LogP contribution in [-0.2, 0) is 11.3 Å². The molecular formula is C21H23F2N5O2S2. The van der Waals surface area contributed by atoms with Gasteiger partial charge in [0.15, 0.2) is 5.16 Å². The molecule has 0 spiro atoms. The molecule has 1 saturated heterocycles. The lowest BCUT2D eigenvalue weighted by molar-refractivity contribution is -0.113. The van der Waals surface area contributed by atoms with Gasteiger partial charge < -0.3 is 14.6 Å². The Hall–Kier alpha value is -2.53. The molecule has 4 rings (SSSR count). The third-order valence-corrected chi connectivity index (χ3v) is 6.62. The highest BCUT2D eigenvalue weighted by molar-refractivity contribution is 8.00. The minimum atomic E-state index is -2.47. The summed E-state index contributed by atoms with van der Waals surface area (Å²) in [7, 11) is 0. The van der Waals surface area contributed by atoms with Gasteiger partial charge in [-0.25, -0.2) is 0 Å². The molecule has 0 saturated carbocycles. The molecule has 1 fully saturated rings. The van der Waals surface area contributed by atoms with Gasteiger partial charge >= 0.3 is 0 Å². The van der Waals surface area contributed by atoms with Crippen molar-refractivity contribution in [2.45, 2.75) is 41.6 Å². The number of carbonyl (C=O) groups is 1. The number of carbonyl (C=O) groups excluding carboxylic acids is 1. The summed E-state index contributed by atoms with van der Waals surface area (Å²) in [5.74, 6) is -0.965. The summed E-state index contributed by atoms with van der Waals surface area (Å²) in [5, 5.41) is 12.2. The molecule has 11 heteroatoms. The van der Waals surface area contributed by atoms with Gasteiger partial charge in [0, 0.05) is 23.7 Å². The Balaban J connectivity index is 1.40. The van der Waals surface area contributed by atoms with E-state index in [1.807, 2.05) is 16.7 Å². The van der Waals surface area contributed by atoms with Gasteiger partial charge in [-0.2, -0.15) is 8.78 Å². The van der Waals surface area contributed by atoms with E-state index in [0.29, 0.717) is 34.0 Å². The van der Waals surface area contributed by atoms with Crippen molar-refractivity contribution >= 4 is 41.1 Å². The number of thioether (sulfide) groups is 2. The van der Waals surface area contributed by atoms with Crippen molar-refractivity contribution in [1.82, 2.24) is 14.8 Å². The maximum Gasteiger partial charge on any atom is 0.288 e. The van der Waals surface area contributed by atoms with Crippen LogP contribution in [0.5, 0.6) is 0 Å². The maximum atomic E-state index is 12.4. The second-order valence-corrected chi connectivity index (χ2v) is 9.24. The second kappa shape index (κ2) is 10.9. The van der Waals surface area contributed by atoms with E-state index in [-0.39, 0.29) is 11.7 Å². The van der Waals surface area contributed by atoms with E-state index in [0.717, 1.165) is 37.6 Å². The Morgan fingerprint density at radius 2 is 1.91 bits per heavy atom. The lowest BCUT2D eigenvalue weighted by Crippen LogP contribution is -2.32. The van der Waals surface area contributed by atoms with Crippen LogP contribution in [0.1, 0.15) is 25.0 Å². The van der Waals surface area contributed by atoms with E-state index in [2.05, 4.69) is 20.4 Å². The zero-order valence-electron chi connectivity index (χ0n) is 17.2. The Morgan fingerprint density at radius 3 is 2.59 bits per heavy atom. The minimum absolute atomic E-state index is 0.143. The van der Waals surface area contributed by atoms with E-state index in [1.54, 1.807) is 30.5 Å². The lowest BCUT2D eigenvalue weighted by Gasteiger charge is -2.27. The van der Waals surface area contributed by atoms with E-state index >= 15 is 0 Å². The number of benzene rings is 1. The Bertz CT molecular complexity index is 1010. The van der Waals surface area contributed by atoms with Gasteiger partial charge in [-0.05, 0) is 55.7 Å². The van der Waals surface area contributed by atoms with E-state index < -0.39 is 5.76 Å². The average molecular weight is 480 g/mol. The molecule has 0 unspecified atom stereocenters. The number of hydrogen-bond donors (Lipinski definition) is 1. The van der Waals surface area contributed by atoms with Crippen LogP contribution in [0, 0.1) is 0 Å². The molecule has 1 amide bonds. The molecule has 2 aromatic heterocycles. The van der Waals surface area contributed by atoms with Gasteiger partial charge in [0.05, 0.1) is 18.6 Å². The molecule has 0 atom stereocenters. The van der Waals surface area contributed by atoms with Crippen LogP contribution in [-0.4, -0.2) is 45.3 Å². The first kappa shape index (κ1) is 22.7. The van der Waals surface area contributed by atoms with Gasteiger partial charge in [0.1, 0.15) is 5.76 Å². The number of anilines is 2. The SMILES string of the molecule is O=C(CSc1nnc(N2CCCCC2)n1Cc1ccco1)Nc1ccc(SC(F)F)cc1. The molecule has 7 nitrogen and oxygen atoms in total. The van der Waals surface area contributed by atoms with Crippen molar-refractivity contribution in [1.29, 1.82) is 0 Å². The number of aromatic nitrogens is 3. The van der Waals surface area contributed by atoms with Gasteiger partial charge in [0.2, 0.25) is 11.9 Å². The summed E-state index contributed by atoms with van der Waals surface area (Å²) in [6.07, 6.45) is 5.08. The number of halogens is 2. The second-order valence-electron chi connectivity index (χ2n) is 7.24. The fraction of sp³-hybridized carbons (Fsp3) is 0.381. The molecule has 1 aliphatic heterocycles. The Morgan fingerprint density at radius 1 is 1.12 bits per heavy atom. The predicted molar refractivity (Wildman–Crippen MR) is 122 cm³/mol. The van der Waals surface area contributed by atoms with Gasteiger partial charge in [-0.15, -0.1) is 10.2 Å². The molecule has 3 heterocycles. The third-order valence-electron chi connectivity index (χ3n) is 4.93. The first-order valence-corrected chi connectivity index (χ1v) is 12.1. The van der Waals surface area contributed by atoms with Crippen LogP contribution in [0.4, 0.5) is 20.4 Å². The summed E-state index contributed by atoms with van der Waals surface area (Å²) in [4.78, 5) is 15.1. The van der Waals surface area contributed by atoms with Gasteiger partial charge in [0.25, 0.3) is 5.76 Å². The van der Waals surface area contributed by atoms with Crippen LogP contribution in [0.15, 0.2) is 57.1 Å². The lowest BCUT2D eigenvalue weighted by atomic mass is 10.1. The van der Waals surface area contributed by atoms with Crippen LogP contribution < -0.4 is 10.2 Å². The largest absolute Gasteiger partial charge is 0.467 e. The highest BCUT2D eigenvalue weighted by Crippen LogP contribution is 2.27. The molecule has 170 valence electrons. The monoisotopic (exact) mass is 479 g/mol. The number of amides is 1. The van der Waals surface area contributed by atoms with E-state index in [4.69, 9.17) is 4.42 Å². The summed E-state index contributed by atoms with van der Waals surface area (Å²) >= 11 is 1.77. The quantitative estimate of drug-likeness (QED) is 0.435. The molecular weight excluding hydrogens is 456 g/mol. The smallest absolute Gasteiger partial charge is 0.288 e. The van der Waals surface area contributed by atoms with Gasteiger partial charge in [-0.3, -0.25) is 9.36 Å². The van der Waals surface area contributed by atoms with E-state index in [1.165, 1.54) is 18.2 Å². The third kappa shape index (κ3) is 6.04. The summed E-state index contributed by atoms with van der Waals surface area (Å²) in [6.45, 7) is 2.35. The van der Waals surface area contributed by atoms with Crippen LogP contribution in [0.25, 0.3) is 0 Å². The number of hydrogen-bond acceptors (Lipinski definition) is 7. The minimum Gasteiger partial charge on any atom is -0.467 e. The van der Waals surface area contributed by atoms with Crippen molar-refractivity contribution in [2.75, 3.05) is 29.1 Å². The number of piperidine rings is 1. The topological polar surface area (TPSA) is 76.2 Å². The van der Waals surface area contributed by atoms with Gasteiger partial charge in [-0.1, -0.05) is 23.5 Å². The summed E-state index contributed by atoms with van der Waals surface area (Å²) < 4.78 is 32.4. The molecule has 1 aromatic carbocycles. The highest BCUT2D eigenvalue weighted by atomic mass is 32.2. The number of nitrogens with zero attached hydrogens (tertiary/aromatic N) is 4. The fourth-order valence-electron chi connectivity index (χ4n) is 3.46. The summed E-state index contributed by atoms with van der Waals surface area (Å²) in [5.41, 5.74) is 0.556. The zero-order chi connectivity index (χ0) is 22.3. The van der Waals surface area contributed by atoms with E-state index in [9.17, 15) is 13.6 Å². The number of furan rings is 1. The Kier molecular flexibility index (Phi) is 7.69. The molecule has 0 aliphatic carbocycles. The summed E-state index contributed by atoms with van der Waals surface area (Å²) in [6, 6.07) is 10.1. The van der Waals surface area contributed by atoms with Crippen molar-refractivity contribution in [3.8, 4) is 0 Å². The highest BCUT2D eigenvalue weighted by Gasteiger charge is 2.21. The number of nitrogens with one attached hydrogen (secondary N) is 1. The molecule has 1 aliphatic rings. The van der Waals surface area contributed by atoms with Crippen LogP contribution >= 0.6 is 23.5 Å². The van der Waals surface area contributed by atoms with Crippen LogP contribution in [0.2, 0.25) is 0 Å². The maximum absolute atomic E-state index is 12.4. The first-order chi connectivity index (χ1) is 15.6. The average Bonchev–Trinajstić information content (AvgIpc) is 3.44. The normalized spacial score (nSPS) is 14.2. The molecule has 32 heavy (non-hydrogen) atoms. The number of rotatable bonds is 9. The van der Waals surface area contributed by atoms with Crippen molar-refractivity contribution in [3.05, 3.63) is 48.4 Å². The standard InChI is InChI=1S/C21H23F2N5O2S2/c22-19(23)32-17-8-6-15(7-9-17)24-18(29)14-31-21-26-25-20(27-10-2-1-3-11-27)28(21)13-16-5-4-12-30-16/h4-9,12,19H,1-3,10-11,13-14H2,(H,24,29). The Labute approximate surface area is 192 Å². The molecule has 1 N–H and O–H groups in total. The zero-order valence-corrected chi connectivity index (χ0v) is 18.9. The van der Waals surface area contributed by atoms with Crippen LogP contribution in [0.3, 0.4) is 0 Å².